The molecule has 4 amide bonds. The van der Waals surface area contributed by atoms with E-state index in [1.54, 1.807) is 55.3 Å². The molecule has 374 valence electrons. The molecule has 1 aliphatic carbocycles. The largest absolute Gasteiger partial charge is 0.379 e. The number of likely N-dealkylation sites (tertiary alicyclic amines) is 1. The Bertz CT molecular complexity index is 2080. The van der Waals surface area contributed by atoms with Crippen molar-refractivity contribution in [3.63, 3.8) is 0 Å². The van der Waals surface area contributed by atoms with Gasteiger partial charge < -0.3 is 35.5 Å². The van der Waals surface area contributed by atoms with Crippen LogP contribution in [-0.4, -0.2) is 143 Å². The van der Waals surface area contributed by atoms with Crippen molar-refractivity contribution >= 4 is 39.9 Å². The van der Waals surface area contributed by atoms with Crippen molar-refractivity contribution in [2.75, 3.05) is 48.5 Å². The van der Waals surface area contributed by atoms with Crippen LogP contribution in [0, 0.1) is 23.7 Å². The summed E-state index contributed by atoms with van der Waals surface area (Å²) in [5, 5.41) is 5.93. The second kappa shape index (κ2) is 23.8. The van der Waals surface area contributed by atoms with E-state index < -0.39 is 69.2 Å². The molecule has 5 N–H and O–H groups in total. The summed E-state index contributed by atoms with van der Waals surface area (Å²) in [7, 11) is 4.33. The first-order valence-electron chi connectivity index (χ1n) is 23.8. The monoisotopic (exact) mass is 954 g/mol. The summed E-state index contributed by atoms with van der Waals surface area (Å²) in [6.45, 7) is 14.2. The molecule has 1 saturated carbocycles. The Kier molecular flexibility index (Phi) is 19.7. The van der Waals surface area contributed by atoms with Crippen LogP contribution >= 0.6 is 0 Å². The smallest absolute Gasteiger partial charge is 0.264 e. The van der Waals surface area contributed by atoms with E-state index >= 15 is 0 Å². The number of nitrogens with two attached hydrogens (primary N) is 1. The summed E-state index contributed by atoms with van der Waals surface area (Å²) in [5.74, 6) is -2.97. The third kappa shape index (κ3) is 13.7. The van der Waals surface area contributed by atoms with E-state index in [2.05, 4.69) is 29.2 Å². The quantitative estimate of drug-likeness (QED) is 0.0992. The van der Waals surface area contributed by atoms with Gasteiger partial charge in [-0.2, -0.15) is 0 Å². The Hall–Kier alpha value is -4.26. The zero-order valence-corrected chi connectivity index (χ0v) is 42.7. The van der Waals surface area contributed by atoms with Gasteiger partial charge in [0.25, 0.3) is 15.9 Å². The Morgan fingerprint density at radius 2 is 1.55 bits per heavy atom. The van der Waals surface area contributed by atoms with Crippen molar-refractivity contribution < 1.29 is 41.9 Å². The van der Waals surface area contributed by atoms with Gasteiger partial charge in [0.1, 0.15) is 17.9 Å². The van der Waals surface area contributed by atoms with Gasteiger partial charge in [-0.1, -0.05) is 97.4 Å². The zero-order valence-electron chi connectivity index (χ0n) is 41.9. The molecule has 0 bridgehead atoms. The summed E-state index contributed by atoms with van der Waals surface area (Å²) >= 11 is 0. The summed E-state index contributed by atoms with van der Waals surface area (Å²) in [6, 6.07) is 12.6. The SMILES string of the molecule is CC[C@H](C)[C@@H](C(CC(=O)N1CCC[C@H]1[C@H](OC)[C@@H](C)C(=O)N[C@@H](Cc1ccccc1)C(=O)NS(=O)(=O)c1ccc(C2(N)CC2)cc1)OC)N(C)CC(C=O)(NC(=O)[C@H](C(C)C)N(C)C)C(C)C. The molecule has 0 aromatic heterocycles. The van der Waals surface area contributed by atoms with Crippen LogP contribution in [-0.2, 0) is 55.4 Å². The Balaban J connectivity index is 1.52. The predicted octanol–water partition coefficient (Wildman–Crippen LogP) is 3.86. The number of methoxy groups -OCH3 is 2. The first-order valence-corrected chi connectivity index (χ1v) is 25.3. The fourth-order valence-corrected chi connectivity index (χ4v) is 10.8. The summed E-state index contributed by atoms with van der Waals surface area (Å²) in [5.41, 5.74) is 6.13. The number of carbonyl (C=O) groups is 5. The molecule has 9 atom stereocenters. The van der Waals surface area contributed by atoms with Crippen molar-refractivity contribution in [1.82, 2.24) is 30.1 Å². The predicted molar refractivity (Wildman–Crippen MR) is 259 cm³/mol. The van der Waals surface area contributed by atoms with E-state index in [0.717, 1.165) is 31.1 Å². The highest BCUT2D eigenvalue weighted by atomic mass is 32.2. The zero-order chi connectivity index (χ0) is 50.0. The second-order valence-electron chi connectivity index (χ2n) is 19.9. The normalized spacial score (nSPS) is 20.1. The molecule has 2 aliphatic rings. The number of benzene rings is 2. The third-order valence-corrected chi connectivity index (χ3v) is 15.6. The third-order valence-electron chi connectivity index (χ3n) is 14.2. The van der Waals surface area contributed by atoms with Gasteiger partial charge in [0.15, 0.2) is 0 Å². The summed E-state index contributed by atoms with van der Waals surface area (Å²) in [6.07, 6.45) is 3.07. The maximum absolute atomic E-state index is 14.5. The molecule has 0 spiro atoms. The first-order chi connectivity index (χ1) is 31.5. The number of aldehydes is 1. The number of hydrogen-bond acceptors (Lipinski definition) is 12. The van der Waals surface area contributed by atoms with Crippen LogP contribution in [0.5, 0.6) is 0 Å². The summed E-state index contributed by atoms with van der Waals surface area (Å²) in [4.78, 5) is 74.9. The molecule has 1 saturated heterocycles. The molecule has 2 aromatic carbocycles. The van der Waals surface area contributed by atoms with Crippen molar-refractivity contribution in [3.05, 3.63) is 65.7 Å². The standard InChI is InChI=1S/C50H79N7O9S/c1-13-34(6)44(56(10)30-50(31-58,33(4)5)53-48(62)43(32(2)3)55(8)9)41(65-11)29-42(59)57-27-17-20-40(57)45(66-12)35(7)46(60)52-39(28-36-18-15-14-16-19-36)47(61)54-67(63,64)38-23-21-37(22-24-38)49(51)25-26-49/h14-16,18-19,21-24,31-35,39-41,43-45H,13,17,20,25-30,51H2,1-12H3,(H,52,60)(H,53,62)(H,54,61)/t34-,35+,39-,40-,41?,43-,44-,45+,50?/m0/s1. The molecule has 67 heavy (non-hydrogen) atoms. The van der Waals surface area contributed by atoms with Crippen LogP contribution in [0.4, 0.5) is 0 Å². The topological polar surface area (TPSA) is 210 Å². The van der Waals surface area contributed by atoms with Gasteiger partial charge in [0, 0.05) is 45.3 Å². The highest BCUT2D eigenvalue weighted by Gasteiger charge is 2.45. The Morgan fingerprint density at radius 3 is 2.06 bits per heavy atom. The number of carbonyl (C=O) groups excluding carboxylic acids is 5. The van der Waals surface area contributed by atoms with Crippen LogP contribution in [0.15, 0.2) is 59.5 Å². The first kappa shape index (κ1) is 55.3. The number of nitrogens with one attached hydrogen (secondary N) is 3. The van der Waals surface area contributed by atoms with Crippen molar-refractivity contribution in [2.24, 2.45) is 29.4 Å². The van der Waals surface area contributed by atoms with Crippen molar-refractivity contribution in [3.8, 4) is 0 Å². The lowest BCUT2D eigenvalue weighted by atomic mass is 9.84. The van der Waals surface area contributed by atoms with Crippen LogP contribution < -0.4 is 21.1 Å². The van der Waals surface area contributed by atoms with Crippen LogP contribution in [0.25, 0.3) is 0 Å². The molecular formula is C50H79N7O9S. The number of rotatable bonds is 26. The fourth-order valence-electron chi connectivity index (χ4n) is 9.78. The molecule has 16 nitrogen and oxygen atoms in total. The molecule has 0 radical (unpaired) electrons. The number of ether oxygens (including phenoxy) is 2. The van der Waals surface area contributed by atoms with Gasteiger partial charge in [0.05, 0.1) is 41.5 Å². The number of hydrogen-bond donors (Lipinski definition) is 4. The highest BCUT2D eigenvalue weighted by molar-refractivity contribution is 7.90. The Labute approximate surface area is 399 Å². The molecule has 1 heterocycles. The van der Waals surface area contributed by atoms with E-state index in [0.29, 0.717) is 24.9 Å². The maximum Gasteiger partial charge on any atom is 0.264 e. The molecule has 2 aromatic rings. The lowest BCUT2D eigenvalue weighted by Gasteiger charge is -2.44. The number of nitrogens with zero attached hydrogens (tertiary/aromatic N) is 3. The maximum atomic E-state index is 14.5. The van der Waals surface area contributed by atoms with E-state index in [-0.39, 0.29) is 59.9 Å². The van der Waals surface area contributed by atoms with Gasteiger partial charge >= 0.3 is 0 Å². The molecule has 4 rings (SSSR count). The Morgan fingerprint density at radius 1 is 0.925 bits per heavy atom. The van der Waals surface area contributed by atoms with E-state index in [1.807, 2.05) is 64.7 Å². The van der Waals surface area contributed by atoms with Crippen LogP contribution in [0.1, 0.15) is 98.1 Å². The van der Waals surface area contributed by atoms with Crippen molar-refractivity contribution in [2.45, 2.75) is 146 Å². The van der Waals surface area contributed by atoms with Gasteiger partial charge in [-0.3, -0.25) is 29.0 Å². The second-order valence-corrected chi connectivity index (χ2v) is 21.6. The van der Waals surface area contributed by atoms with Crippen LogP contribution in [0.3, 0.4) is 0 Å². The fraction of sp³-hybridized carbons (Fsp3) is 0.660. The summed E-state index contributed by atoms with van der Waals surface area (Å²) < 4.78 is 41.3. The van der Waals surface area contributed by atoms with Gasteiger partial charge in [-0.05, 0) is 87.8 Å². The van der Waals surface area contributed by atoms with Crippen LogP contribution in [0.2, 0.25) is 0 Å². The number of sulfonamides is 1. The highest BCUT2D eigenvalue weighted by Crippen LogP contribution is 2.42. The average Bonchev–Trinajstić information content (AvgIpc) is 3.85. The van der Waals surface area contributed by atoms with Gasteiger partial charge in [0.2, 0.25) is 17.7 Å². The number of amides is 4. The molecule has 17 heteroatoms. The number of likely N-dealkylation sites (N-methyl/N-ethyl adjacent to an activating group) is 2. The minimum atomic E-state index is -4.31. The minimum Gasteiger partial charge on any atom is -0.379 e. The van der Waals surface area contributed by atoms with Gasteiger partial charge in [-0.25, -0.2) is 13.1 Å². The minimum absolute atomic E-state index is 0.00102. The lowest BCUT2D eigenvalue weighted by molar-refractivity contribution is -0.143. The van der Waals surface area contributed by atoms with Gasteiger partial charge in [-0.15, -0.1) is 0 Å². The average molecular weight is 954 g/mol. The molecule has 2 fully saturated rings. The van der Waals surface area contributed by atoms with Crippen molar-refractivity contribution in [1.29, 1.82) is 0 Å². The molecule has 2 unspecified atom stereocenters. The van der Waals surface area contributed by atoms with E-state index in [1.165, 1.54) is 19.2 Å². The van der Waals surface area contributed by atoms with E-state index in [4.69, 9.17) is 15.2 Å². The molecule has 1 aliphatic heterocycles. The van der Waals surface area contributed by atoms with E-state index in [9.17, 15) is 32.4 Å². The lowest BCUT2D eigenvalue weighted by Crippen LogP contribution is -2.65. The molecular weight excluding hydrogens is 875 g/mol.